The Bertz CT molecular complexity index is 1030. The van der Waals surface area contributed by atoms with Crippen LogP contribution in [0.25, 0.3) is 11.0 Å². The van der Waals surface area contributed by atoms with E-state index in [2.05, 4.69) is 9.97 Å². The van der Waals surface area contributed by atoms with Gasteiger partial charge in [-0.25, -0.2) is 9.97 Å². The van der Waals surface area contributed by atoms with E-state index in [-0.39, 0.29) is 24.9 Å². The number of aromatic nitrogens is 2. The van der Waals surface area contributed by atoms with Crippen molar-refractivity contribution in [2.45, 2.75) is 32.8 Å². The fourth-order valence-electron chi connectivity index (χ4n) is 3.34. The van der Waals surface area contributed by atoms with Crippen LogP contribution in [0, 0.1) is 6.92 Å². The Balaban J connectivity index is 1.37. The highest BCUT2D eigenvalue weighted by atomic mass is 16.5. The molecule has 0 unspecified atom stereocenters. The lowest BCUT2D eigenvalue weighted by atomic mass is 10.1. The molecule has 0 radical (unpaired) electrons. The molecule has 1 fully saturated rings. The van der Waals surface area contributed by atoms with Crippen LogP contribution in [-0.2, 0) is 27.4 Å². The highest BCUT2D eigenvalue weighted by Crippen LogP contribution is 2.22. The third-order valence-corrected chi connectivity index (χ3v) is 4.88. The summed E-state index contributed by atoms with van der Waals surface area (Å²) in [5.74, 6) is -0.168. The molecule has 0 aliphatic carbocycles. The summed E-state index contributed by atoms with van der Waals surface area (Å²) in [6.45, 7) is 2.72. The number of hydrogen-bond donors (Lipinski definition) is 0. The molecule has 6 nitrogen and oxygen atoms in total. The maximum Gasteiger partial charge on any atom is 0.310 e. The maximum absolute atomic E-state index is 12.2. The predicted octanol–water partition coefficient (Wildman–Crippen LogP) is 3.35. The number of carbonyl (C=O) groups is 2. The Morgan fingerprint density at radius 3 is 2.46 bits per heavy atom. The number of rotatable bonds is 5. The Labute approximate surface area is 163 Å². The van der Waals surface area contributed by atoms with Crippen LogP contribution < -0.4 is 4.90 Å². The SMILES string of the molecule is Cc1nc2ccccc2nc1COC(=O)Cc1ccc(N2CCCC2=O)cc1. The molecule has 1 amide bonds. The Morgan fingerprint density at radius 1 is 1.07 bits per heavy atom. The van der Waals surface area contributed by atoms with Crippen molar-refractivity contribution in [2.24, 2.45) is 0 Å². The molecule has 6 heteroatoms. The number of hydrogen-bond acceptors (Lipinski definition) is 5. The van der Waals surface area contributed by atoms with E-state index < -0.39 is 0 Å². The summed E-state index contributed by atoms with van der Waals surface area (Å²) in [6.07, 6.45) is 1.67. The van der Waals surface area contributed by atoms with Gasteiger partial charge in [-0.2, -0.15) is 0 Å². The van der Waals surface area contributed by atoms with E-state index in [4.69, 9.17) is 4.74 Å². The van der Waals surface area contributed by atoms with Gasteiger partial charge in [0.2, 0.25) is 5.91 Å². The first kappa shape index (κ1) is 18.1. The zero-order valence-corrected chi connectivity index (χ0v) is 15.7. The quantitative estimate of drug-likeness (QED) is 0.640. The number of para-hydroxylation sites is 2. The molecule has 1 aliphatic rings. The zero-order valence-electron chi connectivity index (χ0n) is 15.7. The van der Waals surface area contributed by atoms with Crippen LogP contribution in [0.3, 0.4) is 0 Å². The minimum absolute atomic E-state index is 0.100. The van der Waals surface area contributed by atoms with Crippen molar-refractivity contribution < 1.29 is 14.3 Å². The third kappa shape index (κ3) is 3.86. The number of amides is 1. The topological polar surface area (TPSA) is 72.4 Å². The highest BCUT2D eigenvalue weighted by molar-refractivity contribution is 5.95. The van der Waals surface area contributed by atoms with Gasteiger partial charge in [0.1, 0.15) is 6.61 Å². The van der Waals surface area contributed by atoms with Crippen molar-refractivity contribution >= 4 is 28.6 Å². The second-order valence-electron chi connectivity index (χ2n) is 6.90. The second kappa shape index (κ2) is 7.76. The van der Waals surface area contributed by atoms with Gasteiger partial charge in [0, 0.05) is 18.7 Å². The van der Waals surface area contributed by atoms with Crippen LogP contribution in [0.5, 0.6) is 0 Å². The van der Waals surface area contributed by atoms with Crippen LogP contribution in [0.2, 0.25) is 0 Å². The summed E-state index contributed by atoms with van der Waals surface area (Å²) in [5.41, 5.74) is 4.75. The molecule has 2 heterocycles. The summed E-state index contributed by atoms with van der Waals surface area (Å²) in [6, 6.07) is 15.1. The lowest BCUT2D eigenvalue weighted by Gasteiger charge is -2.15. The molecule has 4 rings (SSSR count). The number of aryl methyl sites for hydroxylation is 1. The monoisotopic (exact) mass is 375 g/mol. The molecule has 1 aliphatic heterocycles. The minimum Gasteiger partial charge on any atom is -0.459 e. The molecule has 0 saturated carbocycles. The van der Waals surface area contributed by atoms with Gasteiger partial charge in [-0.3, -0.25) is 9.59 Å². The first-order valence-electron chi connectivity index (χ1n) is 9.37. The lowest BCUT2D eigenvalue weighted by molar-refractivity contribution is -0.144. The molecule has 0 N–H and O–H groups in total. The van der Waals surface area contributed by atoms with Gasteiger partial charge >= 0.3 is 5.97 Å². The van der Waals surface area contributed by atoms with E-state index in [1.54, 1.807) is 4.90 Å². The standard InChI is InChI=1S/C22H21N3O3/c1-15-20(24-19-6-3-2-5-18(19)23-15)14-28-22(27)13-16-8-10-17(11-9-16)25-12-4-7-21(25)26/h2-3,5-6,8-11H,4,7,12-14H2,1H3. The number of esters is 1. The average molecular weight is 375 g/mol. The van der Waals surface area contributed by atoms with Gasteiger partial charge in [-0.05, 0) is 43.2 Å². The van der Waals surface area contributed by atoms with Gasteiger partial charge in [0.05, 0.1) is 28.8 Å². The molecule has 142 valence electrons. The number of anilines is 1. The summed E-state index contributed by atoms with van der Waals surface area (Å²) in [5, 5.41) is 0. The Kier molecular flexibility index (Phi) is 5.02. The zero-order chi connectivity index (χ0) is 19.5. The van der Waals surface area contributed by atoms with Gasteiger partial charge in [-0.15, -0.1) is 0 Å². The molecule has 2 aromatic carbocycles. The van der Waals surface area contributed by atoms with E-state index in [9.17, 15) is 9.59 Å². The van der Waals surface area contributed by atoms with Crippen molar-refractivity contribution in [3.8, 4) is 0 Å². The van der Waals surface area contributed by atoms with Crippen LogP contribution >= 0.6 is 0 Å². The number of fused-ring (bicyclic) bond motifs is 1. The maximum atomic E-state index is 12.2. The third-order valence-electron chi connectivity index (χ3n) is 4.88. The smallest absolute Gasteiger partial charge is 0.310 e. The number of benzene rings is 2. The van der Waals surface area contributed by atoms with Gasteiger partial charge in [0.15, 0.2) is 0 Å². The normalized spacial score (nSPS) is 13.9. The van der Waals surface area contributed by atoms with Gasteiger partial charge in [-0.1, -0.05) is 24.3 Å². The van der Waals surface area contributed by atoms with Crippen LogP contribution in [-0.4, -0.2) is 28.4 Å². The molecule has 3 aromatic rings. The molecule has 1 aromatic heterocycles. The van der Waals surface area contributed by atoms with Crippen LogP contribution in [0.15, 0.2) is 48.5 Å². The summed E-state index contributed by atoms with van der Waals surface area (Å²) < 4.78 is 5.40. The first-order valence-corrected chi connectivity index (χ1v) is 9.37. The summed E-state index contributed by atoms with van der Waals surface area (Å²) in [7, 11) is 0. The fraction of sp³-hybridized carbons (Fsp3) is 0.273. The summed E-state index contributed by atoms with van der Waals surface area (Å²) in [4.78, 5) is 34.9. The van der Waals surface area contributed by atoms with Gasteiger partial charge < -0.3 is 9.64 Å². The van der Waals surface area contributed by atoms with Crippen LogP contribution in [0.1, 0.15) is 29.8 Å². The molecular weight excluding hydrogens is 354 g/mol. The van der Waals surface area contributed by atoms with E-state index >= 15 is 0 Å². The molecule has 0 spiro atoms. The molecule has 1 saturated heterocycles. The average Bonchev–Trinajstić information content (AvgIpc) is 3.13. The van der Waals surface area contributed by atoms with Crippen molar-refractivity contribution in [3.05, 3.63) is 65.5 Å². The van der Waals surface area contributed by atoms with Gasteiger partial charge in [0.25, 0.3) is 0 Å². The van der Waals surface area contributed by atoms with E-state index in [0.717, 1.165) is 40.9 Å². The van der Waals surface area contributed by atoms with Crippen molar-refractivity contribution in [2.75, 3.05) is 11.4 Å². The molecule has 0 bridgehead atoms. The van der Waals surface area contributed by atoms with E-state index in [1.807, 2.05) is 55.5 Å². The largest absolute Gasteiger partial charge is 0.459 e. The number of nitrogens with zero attached hydrogens (tertiary/aromatic N) is 3. The van der Waals surface area contributed by atoms with Crippen molar-refractivity contribution in [1.29, 1.82) is 0 Å². The molecular formula is C22H21N3O3. The number of carbonyl (C=O) groups excluding carboxylic acids is 2. The van der Waals surface area contributed by atoms with Crippen molar-refractivity contribution in [1.82, 2.24) is 9.97 Å². The van der Waals surface area contributed by atoms with E-state index in [0.29, 0.717) is 12.1 Å². The Morgan fingerprint density at radius 2 is 1.79 bits per heavy atom. The fourth-order valence-corrected chi connectivity index (χ4v) is 3.34. The molecule has 28 heavy (non-hydrogen) atoms. The highest BCUT2D eigenvalue weighted by Gasteiger charge is 2.21. The predicted molar refractivity (Wildman–Crippen MR) is 106 cm³/mol. The lowest BCUT2D eigenvalue weighted by Crippen LogP contribution is -2.23. The molecule has 0 atom stereocenters. The first-order chi connectivity index (χ1) is 13.6. The number of ether oxygens (including phenoxy) is 1. The summed E-state index contributed by atoms with van der Waals surface area (Å²) >= 11 is 0. The van der Waals surface area contributed by atoms with Crippen LogP contribution in [0.4, 0.5) is 5.69 Å². The Hall–Kier alpha value is -3.28. The van der Waals surface area contributed by atoms with Crippen molar-refractivity contribution in [3.63, 3.8) is 0 Å². The second-order valence-corrected chi connectivity index (χ2v) is 6.90. The minimum atomic E-state index is -0.320. The van der Waals surface area contributed by atoms with E-state index in [1.165, 1.54) is 0 Å².